The topological polar surface area (TPSA) is 21.3 Å². The maximum Gasteiger partial charge on any atom is 0.0872 e. The Kier molecular flexibility index (Phi) is 4.27. The van der Waals surface area contributed by atoms with E-state index >= 15 is 0 Å². The molecule has 0 radical (unpaired) electrons. The van der Waals surface area contributed by atoms with Crippen molar-refractivity contribution in [3.05, 3.63) is 48.0 Å². The smallest absolute Gasteiger partial charge is 0.0872 e. The van der Waals surface area contributed by atoms with Gasteiger partial charge in [-0.15, -0.1) is 0 Å². The number of fused-ring (bicyclic) bond motifs is 1. The van der Waals surface area contributed by atoms with Gasteiger partial charge >= 0.3 is 0 Å². The summed E-state index contributed by atoms with van der Waals surface area (Å²) in [5, 5.41) is 6.12. The Hall–Kier alpha value is -1.38. The van der Waals surface area contributed by atoms with Crippen LogP contribution in [-0.4, -0.2) is 19.8 Å². The zero-order valence-corrected chi connectivity index (χ0v) is 13.1. The summed E-state index contributed by atoms with van der Waals surface area (Å²) < 4.78 is 6.04. The second-order valence-electron chi connectivity index (χ2n) is 6.16. The van der Waals surface area contributed by atoms with Gasteiger partial charge in [0.2, 0.25) is 0 Å². The van der Waals surface area contributed by atoms with Crippen LogP contribution in [-0.2, 0) is 4.74 Å². The summed E-state index contributed by atoms with van der Waals surface area (Å²) in [4.78, 5) is 0. The first-order chi connectivity index (χ1) is 10.3. The molecule has 2 aromatic carbocycles. The Labute approximate surface area is 127 Å². The van der Waals surface area contributed by atoms with Crippen LogP contribution in [0.25, 0.3) is 10.8 Å². The Bertz CT molecular complexity index is 601. The minimum absolute atomic E-state index is 0.0601. The fourth-order valence-electron chi connectivity index (χ4n) is 3.88. The number of methoxy groups -OCH3 is 1. The molecule has 0 aliphatic heterocycles. The van der Waals surface area contributed by atoms with Crippen LogP contribution in [0.4, 0.5) is 0 Å². The highest BCUT2D eigenvalue weighted by atomic mass is 16.5. The van der Waals surface area contributed by atoms with Crippen molar-refractivity contribution in [3.63, 3.8) is 0 Å². The minimum Gasteiger partial charge on any atom is -0.376 e. The van der Waals surface area contributed by atoms with E-state index in [1.165, 1.54) is 35.6 Å². The number of hydrogen-bond donors (Lipinski definition) is 1. The number of ether oxygens (including phenoxy) is 1. The molecule has 0 spiro atoms. The lowest BCUT2D eigenvalue weighted by Gasteiger charge is -2.42. The quantitative estimate of drug-likeness (QED) is 0.895. The lowest BCUT2D eigenvalue weighted by atomic mass is 9.76. The molecule has 2 heteroatoms. The number of hydrogen-bond acceptors (Lipinski definition) is 2. The van der Waals surface area contributed by atoms with E-state index in [2.05, 4.69) is 54.8 Å². The molecular weight excluding hydrogens is 258 g/mol. The van der Waals surface area contributed by atoms with E-state index in [0.29, 0.717) is 0 Å². The van der Waals surface area contributed by atoms with E-state index in [1.807, 2.05) is 7.11 Å². The second-order valence-corrected chi connectivity index (χ2v) is 6.16. The first kappa shape index (κ1) is 14.6. The number of benzene rings is 2. The number of rotatable bonds is 4. The van der Waals surface area contributed by atoms with Crippen LogP contribution in [0.15, 0.2) is 42.5 Å². The fraction of sp³-hybridized carbons (Fsp3) is 0.474. The van der Waals surface area contributed by atoms with E-state index in [4.69, 9.17) is 4.74 Å². The Balaban J connectivity index is 2.00. The van der Waals surface area contributed by atoms with E-state index in [0.717, 1.165) is 12.8 Å². The van der Waals surface area contributed by atoms with Gasteiger partial charge in [-0.05, 0) is 42.3 Å². The third-order valence-corrected chi connectivity index (χ3v) is 5.03. The Morgan fingerprint density at radius 2 is 1.71 bits per heavy atom. The number of likely N-dealkylation sites (N-methyl/N-ethyl adjacent to an activating group) is 1. The van der Waals surface area contributed by atoms with E-state index in [1.54, 1.807) is 0 Å². The SMILES string of the molecule is CNC(c1ccc2ccccc2c1)C1(OC)CCCCC1. The second kappa shape index (κ2) is 6.17. The normalized spacial score (nSPS) is 19.5. The molecule has 0 saturated heterocycles. The van der Waals surface area contributed by atoms with Crippen molar-refractivity contribution in [3.8, 4) is 0 Å². The highest BCUT2D eigenvalue weighted by Gasteiger charge is 2.40. The van der Waals surface area contributed by atoms with Gasteiger partial charge in [0, 0.05) is 7.11 Å². The molecule has 2 nitrogen and oxygen atoms in total. The van der Waals surface area contributed by atoms with Crippen LogP contribution in [0.5, 0.6) is 0 Å². The van der Waals surface area contributed by atoms with E-state index < -0.39 is 0 Å². The highest BCUT2D eigenvalue weighted by molar-refractivity contribution is 5.83. The molecular formula is C19H25NO. The molecule has 1 N–H and O–H groups in total. The molecule has 1 atom stereocenters. The van der Waals surface area contributed by atoms with Crippen LogP contribution in [0.1, 0.15) is 43.7 Å². The van der Waals surface area contributed by atoms with Crippen molar-refractivity contribution in [2.45, 2.75) is 43.7 Å². The van der Waals surface area contributed by atoms with Gasteiger partial charge in [0.05, 0.1) is 11.6 Å². The molecule has 0 bridgehead atoms. The lowest BCUT2D eigenvalue weighted by Crippen LogP contribution is -2.45. The molecule has 1 aliphatic carbocycles. The standard InChI is InChI=1S/C19H25NO/c1-20-18(19(21-2)12-6-3-7-13-19)17-11-10-15-8-4-5-9-16(15)14-17/h4-5,8-11,14,18,20H,3,6-7,12-13H2,1-2H3. The van der Waals surface area contributed by atoms with Crippen LogP contribution >= 0.6 is 0 Å². The maximum absolute atomic E-state index is 6.04. The predicted octanol–water partition coefficient (Wildman–Crippen LogP) is 4.45. The van der Waals surface area contributed by atoms with Gasteiger partial charge in [0.25, 0.3) is 0 Å². The molecule has 0 heterocycles. The molecule has 0 aromatic heterocycles. The minimum atomic E-state index is -0.0601. The highest BCUT2D eigenvalue weighted by Crippen LogP contribution is 2.41. The van der Waals surface area contributed by atoms with Crippen molar-refractivity contribution in [2.24, 2.45) is 0 Å². The average molecular weight is 283 g/mol. The summed E-state index contributed by atoms with van der Waals surface area (Å²) >= 11 is 0. The van der Waals surface area contributed by atoms with E-state index in [-0.39, 0.29) is 11.6 Å². The molecule has 1 saturated carbocycles. The molecule has 2 aromatic rings. The van der Waals surface area contributed by atoms with Gasteiger partial charge in [-0.3, -0.25) is 0 Å². The lowest BCUT2D eigenvalue weighted by molar-refractivity contribution is -0.0671. The van der Waals surface area contributed by atoms with Crippen molar-refractivity contribution in [1.82, 2.24) is 5.32 Å². The third-order valence-electron chi connectivity index (χ3n) is 5.03. The first-order valence-electron chi connectivity index (χ1n) is 8.00. The van der Waals surface area contributed by atoms with Crippen LogP contribution in [0, 0.1) is 0 Å². The maximum atomic E-state index is 6.04. The average Bonchev–Trinajstić information content (AvgIpc) is 2.56. The van der Waals surface area contributed by atoms with Gasteiger partial charge in [-0.25, -0.2) is 0 Å². The summed E-state index contributed by atoms with van der Waals surface area (Å²) in [5.74, 6) is 0. The van der Waals surface area contributed by atoms with Gasteiger partial charge in [0.15, 0.2) is 0 Å². The summed E-state index contributed by atoms with van der Waals surface area (Å²) in [6.45, 7) is 0. The predicted molar refractivity (Wildman–Crippen MR) is 88.6 cm³/mol. The van der Waals surface area contributed by atoms with Gasteiger partial charge in [0.1, 0.15) is 0 Å². The molecule has 0 amide bonds. The zero-order chi connectivity index (χ0) is 14.7. The molecule has 1 fully saturated rings. The number of nitrogens with one attached hydrogen (secondary N) is 1. The largest absolute Gasteiger partial charge is 0.376 e. The van der Waals surface area contributed by atoms with Crippen molar-refractivity contribution in [1.29, 1.82) is 0 Å². The fourth-order valence-corrected chi connectivity index (χ4v) is 3.88. The molecule has 112 valence electrons. The Morgan fingerprint density at radius 3 is 2.38 bits per heavy atom. The molecule has 21 heavy (non-hydrogen) atoms. The van der Waals surface area contributed by atoms with Crippen molar-refractivity contribution in [2.75, 3.05) is 14.2 Å². The molecule has 1 unspecified atom stereocenters. The summed E-state index contributed by atoms with van der Waals surface area (Å²) in [7, 11) is 3.92. The zero-order valence-electron chi connectivity index (χ0n) is 13.1. The molecule has 3 rings (SSSR count). The monoisotopic (exact) mass is 283 g/mol. The van der Waals surface area contributed by atoms with Crippen LogP contribution < -0.4 is 5.32 Å². The third kappa shape index (κ3) is 2.70. The molecule has 1 aliphatic rings. The van der Waals surface area contributed by atoms with E-state index in [9.17, 15) is 0 Å². The summed E-state index contributed by atoms with van der Waals surface area (Å²) in [5.41, 5.74) is 1.27. The van der Waals surface area contributed by atoms with Gasteiger partial charge < -0.3 is 10.1 Å². The van der Waals surface area contributed by atoms with Gasteiger partial charge in [-0.1, -0.05) is 55.7 Å². The van der Waals surface area contributed by atoms with Gasteiger partial charge in [-0.2, -0.15) is 0 Å². The van der Waals surface area contributed by atoms with Crippen molar-refractivity contribution >= 4 is 10.8 Å². The Morgan fingerprint density at radius 1 is 1.00 bits per heavy atom. The van der Waals surface area contributed by atoms with Crippen LogP contribution in [0.3, 0.4) is 0 Å². The summed E-state index contributed by atoms with van der Waals surface area (Å²) in [6, 6.07) is 15.6. The summed E-state index contributed by atoms with van der Waals surface area (Å²) in [6.07, 6.45) is 6.14. The van der Waals surface area contributed by atoms with Crippen molar-refractivity contribution < 1.29 is 4.74 Å². The first-order valence-corrected chi connectivity index (χ1v) is 8.00. The van der Waals surface area contributed by atoms with Crippen LogP contribution in [0.2, 0.25) is 0 Å².